The van der Waals surface area contributed by atoms with E-state index in [1.54, 1.807) is 4.90 Å². The van der Waals surface area contributed by atoms with Crippen molar-refractivity contribution in [2.45, 2.75) is 84.2 Å². The van der Waals surface area contributed by atoms with Crippen LogP contribution in [0.1, 0.15) is 66.7 Å². The molecule has 2 saturated heterocycles. The minimum Gasteiger partial charge on any atom is -0.350 e. The smallest absolute Gasteiger partial charge is 0.266 e. The molecule has 0 aromatic heterocycles. The minimum atomic E-state index is -3.30. The average Bonchev–Trinajstić information content (AvgIpc) is 3.72. The van der Waals surface area contributed by atoms with Gasteiger partial charge >= 0.3 is 0 Å². The van der Waals surface area contributed by atoms with E-state index >= 15 is 0 Å². The van der Waals surface area contributed by atoms with Crippen molar-refractivity contribution in [2.24, 2.45) is 34.5 Å². The zero-order valence-corrected chi connectivity index (χ0v) is 24.0. The average molecular weight is 570 g/mol. The van der Waals surface area contributed by atoms with Gasteiger partial charge < -0.3 is 20.9 Å². The second-order valence-corrected chi connectivity index (χ2v) is 13.2. The first-order chi connectivity index (χ1) is 18.6. The molecule has 5 rings (SSSR count). The highest BCUT2D eigenvalue weighted by Crippen LogP contribution is 2.62. The van der Waals surface area contributed by atoms with Crippen LogP contribution in [0, 0.1) is 45.8 Å². The molecular weight excluding hydrogens is 527 g/mol. The van der Waals surface area contributed by atoms with Crippen molar-refractivity contribution < 1.29 is 32.3 Å². The summed E-state index contributed by atoms with van der Waals surface area (Å²) < 4.78 is 38.9. The van der Waals surface area contributed by atoms with Crippen LogP contribution in [0.15, 0.2) is 0 Å². The van der Waals surface area contributed by atoms with Gasteiger partial charge in [0.2, 0.25) is 24.1 Å². The van der Waals surface area contributed by atoms with Crippen LogP contribution in [0.3, 0.4) is 0 Å². The molecule has 0 bridgehead atoms. The van der Waals surface area contributed by atoms with Gasteiger partial charge in [-0.3, -0.25) is 19.2 Å². The second kappa shape index (κ2) is 11.6. The number of fused-ring (bicyclic) bond motifs is 1. The number of halogens is 3. The first-order valence-corrected chi connectivity index (χ1v) is 14.0. The van der Waals surface area contributed by atoms with Gasteiger partial charge in [-0.05, 0) is 48.9 Å². The van der Waals surface area contributed by atoms with Gasteiger partial charge in [-0.2, -0.15) is 5.26 Å². The number of hydrogen-bond donors (Lipinski definition) is 3. The molecule has 5 atom stereocenters. The summed E-state index contributed by atoms with van der Waals surface area (Å²) in [6, 6.07) is 1.43. The molecule has 0 aromatic carbocycles. The summed E-state index contributed by atoms with van der Waals surface area (Å²) in [4.78, 5) is 47.0. The van der Waals surface area contributed by atoms with Gasteiger partial charge in [0, 0.05) is 31.0 Å². The Kier molecular flexibility index (Phi) is 9.16. The first-order valence-electron chi connectivity index (χ1n) is 14.0. The summed E-state index contributed by atoms with van der Waals surface area (Å²) in [6.07, 6.45) is 3.06. The third-order valence-electron chi connectivity index (χ3n) is 8.83. The molecule has 3 saturated carbocycles. The summed E-state index contributed by atoms with van der Waals surface area (Å²) in [5.41, 5.74) is -1.93. The maximum Gasteiger partial charge on any atom is 0.266 e. The number of nitrogens with one attached hydrogen (secondary N) is 3. The maximum atomic E-state index is 13.1. The van der Waals surface area contributed by atoms with E-state index in [-0.39, 0.29) is 35.2 Å². The van der Waals surface area contributed by atoms with E-state index in [1.807, 2.05) is 6.07 Å². The Hall–Kier alpha value is -2.84. The lowest BCUT2D eigenvalue weighted by Crippen LogP contribution is -2.44. The summed E-state index contributed by atoms with van der Waals surface area (Å²) in [5, 5.41) is 16.3. The summed E-state index contributed by atoms with van der Waals surface area (Å²) in [6.45, 7) is 10.4. The molecule has 4 amide bonds. The molecule has 5 aliphatic rings. The molecule has 0 aromatic rings. The van der Waals surface area contributed by atoms with E-state index in [0.29, 0.717) is 37.8 Å². The number of nitriles is 1. The van der Waals surface area contributed by atoms with Gasteiger partial charge in [0.05, 0.1) is 12.6 Å². The molecule has 3 aliphatic carbocycles. The van der Waals surface area contributed by atoms with Crippen molar-refractivity contribution >= 4 is 24.1 Å². The Balaban J connectivity index is 0.000000203. The third-order valence-corrected chi connectivity index (χ3v) is 8.83. The largest absolute Gasteiger partial charge is 0.350 e. The zero-order valence-electron chi connectivity index (χ0n) is 24.0. The number of hydrogen-bond acceptors (Lipinski definition) is 5. The highest BCUT2D eigenvalue weighted by Gasteiger charge is 2.76. The van der Waals surface area contributed by atoms with Gasteiger partial charge in [0.25, 0.3) is 5.92 Å². The van der Waals surface area contributed by atoms with Gasteiger partial charge in [0.15, 0.2) is 0 Å². The lowest BCUT2D eigenvalue weighted by Gasteiger charge is -2.22. The number of alkyl halides is 3. The lowest BCUT2D eigenvalue weighted by molar-refractivity contribution is -0.136. The Morgan fingerprint density at radius 2 is 1.75 bits per heavy atom. The minimum absolute atomic E-state index is 0.0282. The van der Waals surface area contributed by atoms with Crippen LogP contribution in [-0.4, -0.2) is 72.8 Å². The number of amides is 4. The molecular formula is C28H42F3N5O4. The quantitative estimate of drug-likeness (QED) is 0.387. The maximum absolute atomic E-state index is 13.1. The van der Waals surface area contributed by atoms with Gasteiger partial charge in [-0.25, -0.2) is 13.2 Å². The summed E-state index contributed by atoms with van der Waals surface area (Å²) in [7, 11) is 0. The van der Waals surface area contributed by atoms with Crippen LogP contribution in [-0.2, 0) is 19.2 Å². The molecule has 5 unspecified atom stereocenters. The molecule has 5 fully saturated rings. The number of piperidine rings is 1. The van der Waals surface area contributed by atoms with Crippen LogP contribution in [0.4, 0.5) is 13.2 Å². The molecule has 2 heterocycles. The molecule has 2 aliphatic heterocycles. The fraction of sp³-hybridized carbons (Fsp3) is 0.821. The first kappa shape index (κ1) is 31.7. The molecule has 224 valence electrons. The van der Waals surface area contributed by atoms with E-state index in [2.05, 4.69) is 50.6 Å². The predicted octanol–water partition coefficient (Wildman–Crippen LogP) is 2.56. The lowest BCUT2D eigenvalue weighted by atomic mass is 9.96. The molecule has 9 nitrogen and oxygen atoms in total. The standard InChI is InChI=1S/C14H19F3N2O2.C10H13N3O2.C4H10/c1-12(2)8-4-19(5-9(8)12)10(20)3-18-11(21)13(7-15)6-14(13,16)17;11-5-8(12-6-14)3-7-4-10(1-2-10)13-9(7)15;1-4(2)3/h8-9H,3-7H2,1-2H3,(H,18,21);6-8H,1-4H2,(H,12,14)(H,13,15);4H,1-3H3. The van der Waals surface area contributed by atoms with E-state index in [0.717, 1.165) is 25.2 Å². The van der Waals surface area contributed by atoms with E-state index in [1.165, 1.54) is 0 Å². The fourth-order valence-corrected chi connectivity index (χ4v) is 5.73. The summed E-state index contributed by atoms with van der Waals surface area (Å²) in [5.74, 6) is -2.93. The second-order valence-electron chi connectivity index (χ2n) is 13.2. The number of rotatable bonds is 8. The molecule has 3 N–H and O–H groups in total. The van der Waals surface area contributed by atoms with Crippen LogP contribution < -0.4 is 16.0 Å². The Bertz CT molecular complexity index is 1020. The van der Waals surface area contributed by atoms with E-state index in [4.69, 9.17) is 5.26 Å². The van der Waals surface area contributed by atoms with Gasteiger partial charge in [-0.15, -0.1) is 0 Å². The van der Waals surface area contributed by atoms with Gasteiger partial charge in [0.1, 0.15) is 18.1 Å². The number of likely N-dealkylation sites (tertiary alicyclic amines) is 1. The predicted molar refractivity (Wildman–Crippen MR) is 140 cm³/mol. The zero-order chi connectivity index (χ0) is 30.1. The SMILES string of the molecule is CC(C)C.CC1(C)C2CN(C(=O)CNC(=O)C3(CF)CC3(F)F)CC21.N#CC(CC1CC2(CC2)NC1=O)NC=O. The van der Waals surface area contributed by atoms with Crippen molar-refractivity contribution in [1.29, 1.82) is 5.26 Å². The van der Waals surface area contributed by atoms with Crippen molar-refractivity contribution in [3.8, 4) is 6.07 Å². The Labute approximate surface area is 234 Å². The van der Waals surface area contributed by atoms with Crippen molar-refractivity contribution in [2.75, 3.05) is 26.3 Å². The number of nitrogens with zero attached hydrogens (tertiary/aromatic N) is 2. The topological polar surface area (TPSA) is 131 Å². The molecule has 40 heavy (non-hydrogen) atoms. The van der Waals surface area contributed by atoms with Crippen LogP contribution in [0.2, 0.25) is 0 Å². The Morgan fingerprint density at radius 1 is 1.20 bits per heavy atom. The monoisotopic (exact) mass is 569 g/mol. The molecule has 12 heteroatoms. The third kappa shape index (κ3) is 6.72. The summed E-state index contributed by atoms with van der Waals surface area (Å²) >= 11 is 0. The fourth-order valence-electron chi connectivity index (χ4n) is 5.73. The van der Waals surface area contributed by atoms with Crippen LogP contribution in [0.25, 0.3) is 0 Å². The van der Waals surface area contributed by atoms with Crippen LogP contribution >= 0.6 is 0 Å². The number of carbonyl (C=O) groups is 4. The van der Waals surface area contributed by atoms with Crippen molar-refractivity contribution in [1.82, 2.24) is 20.9 Å². The van der Waals surface area contributed by atoms with E-state index < -0.39 is 36.4 Å². The van der Waals surface area contributed by atoms with Crippen molar-refractivity contribution in [3.63, 3.8) is 0 Å². The van der Waals surface area contributed by atoms with Crippen molar-refractivity contribution in [3.05, 3.63) is 0 Å². The Morgan fingerprint density at radius 3 is 2.15 bits per heavy atom. The highest BCUT2D eigenvalue weighted by atomic mass is 19.3. The normalized spacial score (nSPS) is 31.2. The molecule has 0 radical (unpaired) electrons. The highest BCUT2D eigenvalue weighted by molar-refractivity contribution is 5.91. The van der Waals surface area contributed by atoms with E-state index in [9.17, 15) is 32.3 Å². The van der Waals surface area contributed by atoms with Crippen LogP contribution in [0.5, 0.6) is 0 Å². The van der Waals surface area contributed by atoms with Gasteiger partial charge in [-0.1, -0.05) is 34.6 Å². The number of carbonyl (C=O) groups excluding carboxylic acids is 4. The molecule has 1 spiro atoms.